The Morgan fingerprint density at radius 3 is 2.86 bits per heavy atom. The molecule has 0 aromatic heterocycles. The van der Waals surface area contributed by atoms with Gasteiger partial charge in [0, 0.05) is 12.2 Å². The van der Waals surface area contributed by atoms with Gasteiger partial charge in [-0.15, -0.1) is 0 Å². The van der Waals surface area contributed by atoms with Crippen LogP contribution in [0.25, 0.3) is 0 Å². The zero-order valence-corrected chi connectivity index (χ0v) is 5.26. The summed E-state index contributed by atoms with van der Waals surface area (Å²) in [6, 6.07) is 0. The molecule has 0 spiro atoms. The Bertz CT molecular complexity index is 84.9. The zero-order valence-electron chi connectivity index (χ0n) is 3.63. The summed E-state index contributed by atoms with van der Waals surface area (Å²) in [4.78, 5) is 0. The van der Waals surface area contributed by atoms with Crippen LogP contribution in [-0.2, 0) is 0 Å². The Kier molecular flexibility index (Phi) is 1.87. The summed E-state index contributed by atoms with van der Waals surface area (Å²) < 4.78 is 0. The van der Waals surface area contributed by atoms with Crippen LogP contribution in [0.5, 0.6) is 0 Å². The predicted octanol–water partition coefficient (Wildman–Crippen LogP) is 1.56. The molecule has 0 aromatic carbocycles. The first-order valence-corrected chi connectivity index (χ1v) is 4.26. The van der Waals surface area contributed by atoms with Crippen molar-refractivity contribution in [1.29, 1.82) is 0 Å². The molecule has 0 aromatic rings. The first-order chi connectivity index (χ1) is 3.43. The van der Waals surface area contributed by atoms with Crippen molar-refractivity contribution in [2.45, 2.75) is 6.42 Å². The van der Waals surface area contributed by atoms with Gasteiger partial charge in [0.2, 0.25) is 0 Å². The maximum atomic E-state index is 8.12. The fourth-order valence-electron chi connectivity index (χ4n) is 0.347. The van der Waals surface area contributed by atoms with Crippen LogP contribution in [0.3, 0.4) is 0 Å². The molecule has 0 atom stereocenters. The Labute approximate surface area is 49.8 Å². The molecule has 1 rings (SSSR count). The van der Waals surface area contributed by atoms with Gasteiger partial charge in [-0.25, -0.2) is 0 Å². The van der Waals surface area contributed by atoms with Crippen LogP contribution in [0.15, 0.2) is 5.16 Å². The van der Waals surface area contributed by atoms with Crippen LogP contribution in [-0.4, -0.2) is 16.0 Å². The monoisotopic (exact) mass is 135 g/mol. The molecule has 1 saturated heterocycles. The van der Waals surface area contributed by atoms with Gasteiger partial charge in [-0.3, -0.25) is 0 Å². The van der Waals surface area contributed by atoms with Crippen molar-refractivity contribution in [2.75, 3.05) is 5.75 Å². The molecule has 0 amide bonds. The Hall–Kier alpha value is 0.170. The van der Waals surface area contributed by atoms with Gasteiger partial charge >= 0.3 is 0 Å². The first kappa shape index (κ1) is 5.31. The van der Waals surface area contributed by atoms with Gasteiger partial charge in [0.25, 0.3) is 0 Å². The minimum Gasteiger partial charge on any atom is -0.410 e. The molecule has 4 heteroatoms. The maximum absolute atomic E-state index is 8.12. The van der Waals surface area contributed by atoms with Crippen LogP contribution in [0, 0.1) is 0 Å². The molecule has 40 valence electrons. The molecule has 7 heavy (non-hydrogen) atoms. The average Bonchev–Trinajstić information content (AvgIpc) is 2.14. The molecule has 1 aliphatic rings. The van der Waals surface area contributed by atoms with E-state index >= 15 is 0 Å². The molecule has 0 aliphatic carbocycles. The lowest BCUT2D eigenvalue weighted by molar-refractivity contribution is 0.320. The largest absolute Gasteiger partial charge is 0.410 e. The topological polar surface area (TPSA) is 32.6 Å². The molecule has 1 heterocycles. The van der Waals surface area contributed by atoms with Crippen LogP contribution in [0.2, 0.25) is 0 Å². The fraction of sp³-hybridized carbons (Fsp3) is 0.667. The van der Waals surface area contributed by atoms with Crippen LogP contribution in [0.1, 0.15) is 6.42 Å². The van der Waals surface area contributed by atoms with Gasteiger partial charge in [0.05, 0.1) is 0 Å². The summed E-state index contributed by atoms with van der Waals surface area (Å²) >= 11 is 0. The van der Waals surface area contributed by atoms with Gasteiger partial charge in [0.15, 0.2) is 0 Å². The van der Waals surface area contributed by atoms with E-state index in [0.717, 1.165) is 17.2 Å². The molecule has 1 N–H and O–H groups in total. The Morgan fingerprint density at radius 2 is 2.57 bits per heavy atom. The van der Waals surface area contributed by atoms with E-state index in [1.165, 1.54) is 0 Å². The second kappa shape index (κ2) is 2.47. The number of hydrogen-bond donors (Lipinski definition) is 1. The van der Waals surface area contributed by atoms with Crippen molar-refractivity contribution in [2.24, 2.45) is 5.16 Å². The van der Waals surface area contributed by atoms with Gasteiger partial charge in [0.1, 0.15) is 5.04 Å². The summed E-state index contributed by atoms with van der Waals surface area (Å²) in [7, 11) is 3.29. The van der Waals surface area contributed by atoms with E-state index < -0.39 is 0 Å². The predicted molar refractivity (Wildman–Crippen MR) is 33.9 cm³/mol. The summed E-state index contributed by atoms with van der Waals surface area (Å²) in [6.45, 7) is 0. The highest BCUT2D eigenvalue weighted by molar-refractivity contribution is 8.83. The molecular weight excluding hydrogens is 130 g/mol. The highest BCUT2D eigenvalue weighted by atomic mass is 33.1. The number of hydrogen-bond acceptors (Lipinski definition) is 4. The second-order valence-corrected chi connectivity index (χ2v) is 3.64. The quantitative estimate of drug-likeness (QED) is 0.311. The molecular formula is C3H5NOS2. The highest BCUT2D eigenvalue weighted by Crippen LogP contribution is 2.32. The third kappa shape index (κ3) is 1.28. The molecule has 0 unspecified atom stereocenters. The lowest BCUT2D eigenvalue weighted by Crippen LogP contribution is -1.81. The number of oxime groups is 1. The van der Waals surface area contributed by atoms with Crippen molar-refractivity contribution in [3.63, 3.8) is 0 Å². The minimum atomic E-state index is 0.852. The van der Waals surface area contributed by atoms with Crippen molar-refractivity contribution in [3.05, 3.63) is 0 Å². The summed E-state index contributed by atoms with van der Waals surface area (Å²) in [5, 5.41) is 12.0. The smallest absolute Gasteiger partial charge is 0.124 e. The van der Waals surface area contributed by atoms with Gasteiger partial charge in [-0.1, -0.05) is 15.9 Å². The lowest BCUT2D eigenvalue weighted by Gasteiger charge is -1.80. The molecule has 0 radical (unpaired) electrons. The minimum absolute atomic E-state index is 0.852. The van der Waals surface area contributed by atoms with E-state index in [9.17, 15) is 0 Å². The standard InChI is InChI=1S/C3H5NOS2/c5-4-3-1-2-6-7-3/h5H,1-2H2. The third-order valence-corrected chi connectivity index (χ3v) is 3.06. The van der Waals surface area contributed by atoms with Gasteiger partial charge in [-0.05, 0) is 10.8 Å². The van der Waals surface area contributed by atoms with Crippen molar-refractivity contribution in [3.8, 4) is 0 Å². The van der Waals surface area contributed by atoms with E-state index in [1.807, 2.05) is 0 Å². The van der Waals surface area contributed by atoms with Crippen molar-refractivity contribution in [1.82, 2.24) is 0 Å². The van der Waals surface area contributed by atoms with E-state index in [1.54, 1.807) is 21.6 Å². The van der Waals surface area contributed by atoms with Gasteiger partial charge < -0.3 is 5.21 Å². The van der Waals surface area contributed by atoms with Crippen molar-refractivity contribution < 1.29 is 5.21 Å². The molecule has 1 aliphatic heterocycles. The normalized spacial score (nSPS) is 26.6. The highest BCUT2D eigenvalue weighted by Gasteiger charge is 2.08. The van der Waals surface area contributed by atoms with Crippen LogP contribution >= 0.6 is 21.6 Å². The second-order valence-electron chi connectivity index (χ2n) is 1.15. The third-order valence-electron chi connectivity index (χ3n) is 0.666. The SMILES string of the molecule is ON=C1CCSS1. The molecule has 2 nitrogen and oxygen atoms in total. The van der Waals surface area contributed by atoms with E-state index in [0.29, 0.717) is 0 Å². The average molecular weight is 135 g/mol. The number of nitrogens with zero attached hydrogens (tertiary/aromatic N) is 1. The Balaban J connectivity index is 2.41. The van der Waals surface area contributed by atoms with E-state index in [2.05, 4.69) is 5.16 Å². The van der Waals surface area contributed by atoms with Crippen LogP contribution in [0.4, 0.5) is 0 Å². The summed E-state index contributed by atoms with van der Waals surface area (Å²) in [6.07, 6.45) is 0.936. The molecule has 0 bridgehead atoms. The maximum Gasteiger partial charge on any atom is 0.124 e. The van der Waals surface area contributed by atoms with E-state index in [-0.39, 0.29) is 0 Å². The van der Waals surface area contributed by atoms with Gasteiger partial charge in [-0.2, -0.15) is 0 Å². The van der Waals surface area contributed by atoms with Crippen LogP contribution < -0.4 is 0 Å². The van der Waals surface area contributed by atoms with Crippen molar-refractivity contribution >= 4 is 26.6 Å². The van der Waals surface area contributed by atoms with E-state index in [4.69, 9.17) is 5.21 Å². The Morgan fingerprint density at radius 1 is 1.71 bits per heavy atom. The lowest BCUT2D eigenvalue weighted by atomic mass is 10.5. The zero-order chi connectivity index (χ0) is 5.11. The first-order valence-electron chi connectivity index (χ1n) is 1.94. The summed E-state index contributed by atoms with van der Waals surface area (Å²) in [5.74, 6) is 1.09. The summed E-state index contributed by atoms with van der Waals surface area (Å²) in [5.41, 5.74) is 0. The molecule has 0 saturated carbocycles. The molecule has 1 fully saturated rings. The fourth-order valence-corrected chi connectivity index (χ4v) is 2.45. The number of rotatable bonds is 0.